The second kappa shape index (κ2) is 11.8. The fourth-order valence-corrected chi connectivity index (χ4v) is 4.48. The van der Waals surface area contributed by atoms with E-state index in [1.54, 1.807) is 0 Å². The summed E-state index contributed by atoms with van der Waals surface area (Å²) in [6, 6.07) is 7.05. The first-order valence-electron chi connectivity index (χ1n) is 10.3. The van der Waals surface area contributed by atoms with Crippen LogP contribution in [0.1, 0.15) is 35.7 Å². The highest BCUT2D eigenvalue weighted by atomic mass is 35.5. The van der Waals surface area contributed by atoms with Crippen LogP contribution in [0.2, 0.25) is 15.1 Å². The third kappa shape index (κ3) is 6.70. The minimum atomic E-state index is -0.674. The van der Waals surface area contributed by atoms with Crippen molar-refractivity contribution in [3.63, 3.8) is 0 Å². The summed E-state index contributed by atoms with van der Waals surface area (Å²) < 4.78 is 5.15. The van der Waals surface area contributed by atoms with Crippen LogP contribution < -0.4 is 5.32 Å². The Labute approximate surface area is 220 Å². The quantitative estimate of drug-likeness (QED) is 0.233. The minimum absolute atomic E-state index is 0.0149. The van der Waals surface area contributed by atoms with Crippen LogP contribution in [0.15, 0.2) is 35.2 Å². The molecule has 1 aliphatic heterocycles. The second-order valence-corrected chi connectivity index (χ2v) is 9.55. The standard InChI is InChI=1S/C23H19Cl3N2O6S/c1-2-3-6-34-22(32)14-10-13(4-5-15(14)24)27-19(29)11-28-21(31)18(35-23(28)33)9-12-7-16(25)20(30)17(26)8-12/h4-5,7-10,30H,2-3,6,11H2,1H3,(H,27,29)/b18-9-. The van der Waals surface area contributed by atoms with Gasteiger partial charge < -0.3 is 15.2 Å². The number of amides is 3. The van der Waals surface area contributed by atoms with E-state index in [-0.39, 0.29) is 43.6 Å². The number of carbonyl (C=O) groups is 4. The number of anilines is 1. The monoisotopic (exact) mass is 556 g/mol. The summed E-state index contributed by atoms with van der Waals surface area (Å²) in [5.41, 5.74) is 0.728. The highest BCUT2D eigenvalue weighted by Gasteiger charge is 2.36. The number of carbonyl (C=O) groups excluding carboxylic acids is 4. The topological polar surface area (TPSA) is 113 Å². The van der Waals surface area contributed by atoms with Crippen LogP contribution in [0.5, 0.6) is 5.75 Å². The van der Waals surface area contributed by atoms with E-state index in [1.165, 1.54) is 36.4 Å². The number of aromatic hydroxyl groups is 1. The van der Waals surface area contributed by atoms with Crippen LogP contribution in [0, 0.1) is 0 Å². The Kier molecular flexibility index (Phi) is 9.07. The second-order valence-electron chi connectivity index (χ2n) is 7.33. The summed E-state index contributed by atoms with van der Waals surface area (Å²) in [4.78, 5) is 50.7. The molecule has 35 heavy (non-hydrogen) atoms. The number of thioether (sulfide) groups is 1. The lowest BCUT2D eigenvalue weighted by molar-refractivity contribution is -0.127. The third-order valence-corrected chi connectivity index (χ3v) is 6.53. The molecular weight excluding hydrogens is 539 g/mol. The van der Waals surface area contributed by atoms with Gasteiger partial charge in [0.25, 0.3) is 11.1 Å². The molecule has 12 heteroatoms. The number of benzene rings is 2. The first kappa shape index (κ1) is 26.9. The number of nitrogens with zero attached hydrogens (tertiary/aromatic N) is 1. The maximum Gasteiger partial charge on any atom is 0.339 e. The zero-order valence-corrected chi connectivity index (χ0v) is 21.4. The molecule has 0 bridgehead atoms. The smallest absolute Gasteiger partial charge is 0.339 e. The fourth-order valence-electron chi connectivity index (χ4n) is 2.95. The van der Waals surface area contributed by atoms with Crippen molar-refractivity contribution in [2.75, 3.05) is 18.5 Å². The molecule has 0 unspecified atom stereocenters. The molecule has 2 N–H and O–H groups in total. The van der Waals surface area contributed by atoms with E-state index in [4.69, 9.17) is 39.5 Å². The van der Waals surface area contributed by atoms with Gasteiger partial charge in [-0.25, -0.2) is 4.79 Å². The molecule has 0 spiro atoms. The Morgan fingerprint density at radius 1 is 1.11 bits per heavy atom. The van der Waals surface area contributed by atoms with Crippen LogP contribution in [0.4, 0.5) is 10.5 Å². The lowest BCUT2D eigenvalue weighted by atomic mass is 10.2. The molecule has 1 fully saturated rings. The molecule has 0 aromatic heterocycles. The molecule has 8 nitrogen and oxygen atoms in total. The zero-order chi connectivity index (χ0) is 25.7. The Morgan fingerprint density at radius 2 is 1.80 bits per heavy atom. The van der Waals surface area contributed by atoms with E-state index < -0.39 is 29.6 Å². The van der Waals surface area contributed by atoms with E-state index in [9.17, 15) is 24.3 Å². The number of esters is 1. The lowest BCUT2D eigenvalue weighted by Gasteiger charge is -2.13. The average molecular weight is 558 g/mol. The molecule has 1 saturated heterocycles. The summed E-state index contributed by atoms with van der Waals surface area (Å²) in [7, 11) is 0. The highest BCUT2D eigenvalue weighted by molar-refractivity contribution is 8.18. The molecular formula is C23H19Cl3N2O6S. The van der Waals surface area contributed by atoms with Gasteiger partial charge in [-0.1, -0.05) is 48.1 Å². The van der Waals surface area contributed by atoms with Crippen LogP contribution in [-0.4, -0.2) is 46.2 Å². The molecule has 184 valence electrons. The summed E-state index contributed by atoms with van der Waals surface area (Å²) in [5.74, 6) is -2.25. The van der Waals surface area contributed by atoms with Gasteiger partial charge in [0.2, 0.25) is 5.91 Å². The van der Waals surface area contributed by atoms with Crippen molar-refractivity contribution in [3.8, 4) is 5.75 Å². The van der Waals surface area contributed by atoms with Crippen molar-refractivity contribution in [2.45, 2.75) is 19.8 Å². The van der Waals surface area contributed by atoms with Crippen LogP contribution in [0.3, 0.4) is 0 Å². The van der Waals surface area contributed by atoms with Gasteiger partial charge in [0.15, 0.2) is 5.75 Å². The SMILES string of the molecule is CCCCOC(=O)c1cc(NC(=O)CN2C(=O)S/C(=C\c3cc(Cl)c(O)c(Cl)c3)C2=O)ccc1Cl. The number of phenolic OH excluding ortho intramolecular Hbond substituents is 1. The number of unbranched alkanes of at least 4 members (excludes halogenated alkanes) is 1. The van der Waals surface area contributed by atoms with Gasteiger partial charge in [-0.3, -0.25) is 19.3 Å². The van der Waals surface area contributed by atoms with Crippen molar-refractivity contribution < 1.29 is 29.0 Å². The third-order valence-electron chi connectivity index (χ3n) is 4.71. The van der Waals surface area contributed by atoms with Crippen molar-refractivity contribution in [1.29, 1.82) is 0 Å². The molecule has 2 aromatic rings. The molecule has 0 aliphatic carbocycles. The number of hydrogen-bond donors (Lipinski definition) is 2. The van der Waals surface area contributed by atoms with Crippen LogP contribution >= 0.6 is 46.6 Å². The summed E-state index contributed by atoms with van der Waals surface area (Å²) in [5, 5.41) is 11.7. The van der Waals surface area contributed by atoms with E-state index in [1.807, 2.05) is 6.92 Å². The zero-order valence-electron chi connectivity index (χ0n) is 18.3. The van der Waals surface area contributed by atoms with Gasteiger partial charge in [-0.15, -0.1) is 0 Å². The number of rotatable bonds is 8. The van der Waals surface area contributed by atoms with Gasteiger partial charge in [0, 0.05) is 5.69 Å². The van der Waals surface area contributed by atoms with Gasteiger partial charge in [0.1, 0.15) is 6.54 Å². The molecule has 2 aromatic carbocycles. The molecule has 0 saturated carbocycles. The van der Waals surface area contributed by atoms with E-state index in [0.717, 1.165) is 11.3 Å². The van der Waals surface area contributed by atoms with Crippen molar-refractivity contribution in [1.82, 2.24) is 4.90 Å². The average Bonchev–Trinajstić information content (AvgIpc) is 3.06. The van der Waals surface area contributed by atoms with Gasteiger partial charge in [-0.05, 0) is 60.2 Å². The molecule has 3 rings (SSSR count). The molecule has 0 atom stereocenters. The first-order chi connectivity index (χ1) is 16.6. The number of imide groups is 1. The van der Waals surface area contributed by atoms with Crippen molar-refractivity contribution in [2.24, 2.45) is 0 Å². The maximum atomic E-state index is 12.7. The number of halogens is 3. The maximum absolute atomic E-state index is 12.7. The highest BCUT2D eigenvalue weighted by Crippen LogP contribution is 2.36. The lowest BCUT2D eigenvalue weighted by Crippen LogP contribution is -2.36. The predicted octanol–water partition coefficient (Wildman–Crippen LogP) is 5.98. The molecule has 1 heterocycles. The van der Waals surface area contributed by atoms with Gasteiger partial charge >= 0.3 is 5.97 Å². The van der Waals surface area contributed by atoms with Crippen molar-refractivity contribution >= 4 is 81.4 Å². The van der Waals surface area contributed by atoms with E-state index in [2.05, 4.69) is 5.32 Å². The van der Waals surface area contributed by atoms with E-state index >= 15 is 0 Å². The summed E-state index contributed by atoms with van der Waals surface area (Å²) >= 11 is 18.5. The number of hydrogen-bond acceptors (Lipinski definition) is 7. The Bertz CT molecular complexity index is 1210. The Balaban J connectivity index is 1.68. The largest absolute Gasteiger partial charge is 0.505 e. The van der Waals surface area contributed by atoms with Crippen LogP contribution in [0.25, 0.3) is 6.08 Å². The summed E-state index contributed by atoms with van der Waals surface area (Å²) in [6.07, 6.45) is 2.95. The molecule has 3 amide bonds. The number of ether oxygens (including phenoxy) is 1. The Hall–Kier alpha value is -2.72. The number of nitrogens with one attached hydrogen (secondary N) is 1. The minimum Gasteiger partial charge on any atom is -0.505 e. The fraction of sp³-hybridized carbons (Fsp3) is 0.217. The Morgan fingerprint density at radius 3 is 2.46 bits per heavy atom. The molecule has 0 radical (unpaired) electrons. The van der Waals surface area contributed by atoms with Gasteiger partial charge in [0.05, 0.1) is 32.1 Å². The molecule has 1 aliphatic rings. The first-order valence-corrected chi connectivity index (χ1v) is 12.3. The van der Waals surface area contributed by atoms with Gasteiger partial charge in [-0.2, -0.15) is 0 Å². The van der Waals surface area contributed by atoms with Crippen LogP contribution in [-0.2, 0) is 14.3 Å². The predicted molar refractivity (Wildman–Crippen MR) is 136 cm³/mol. The van der Waals surface area contributed by atoms with E-state index in [0.29, 0.717) is 23.7 Å². The summed E-state index contributed by atoms with van der Waals surface area (Å²) in [6.45, 7) is 1.66. The van der Waals surface area contributed by atoms with Crippen molar-refractivity contribution in [3.05, 3.63) is 61.4 Å². The normalized spacial score (nSPS) is 14.5. The number of phenols is 1.